The maximum absolute atomic E-state index is 9.14. The van der Waals surface area contributed by atoms with Crippen LogP contribution in [0.4, 0.5) is 0 Å². The topological polar surface area (TPSA) is 90.9 Å². The molecule has 5 heteroatoms. The Labute approximate surface area is 107 Å². The third-order valence-electron chi connectivity index (χ3n) is 2.80. The molecule has 0 aliphatic carbocycles. The first-order chi connectivity index (χ1) is 8.54. The van der Waals surface area contributed by atoms with Crippen molar-refractivity contribution in [3.05, 3.63) is 34.9 Å². The summed E-state index contributed by atoms with van der Waals surface area (Å²) in [6, 6.07) is 5.67. The number of benzene rings is 1. The number of amidine groups is 1. The summed E-state index contributed by atoms with van der Waals surface area (Å²) in [6.07, 6.45) is 0.461. The van der Waals surface area contributed by atoms with Crippen molar-refractivity contribution in [2.45, 2.75) is 32.9 Å². The summed E-state index contributed by atoms with van der Waals surface area (Å²) in [5, 5.41) is 24.0. The van der Waals surface area contributed by atoms with Gasteiger partial charge in [-0.3, -0.25) is 0 Å². The summed E-state index contributed by atoms with van der Waals surface area (Å²) in [5.74, 6) is 0.117. The minimum atomic E-state index is -0.276. The summed E-state index contributed by atoms with van der Waals surface area (Å²) in [4.78, 5) is 0. The summed E-state index contributed by atoms with van der Waals surface area (Å²) in [5.41, 5.74) is 8.48. The highest BCUT2D eigenvalue weighted by molar-refractivity contribution is 5.97. The van der Waals surface area contributed by atoms with Gasteiger partial charge in [0.15, 0.2) is 5.84 Å². The van der Waals surface area contributed by atoms with Gasteiger partial charge in [-0.05, 0) is 44.0 Å². The number of aliphatic hydroxyl groups is 1. The second-order valence-corrected chi connectivity index (χ2v) is 4.44. The van der Waals surface area contributed by atoms with E-state index in [4.69, 9.17) is 16.0 Å². The van der Waals surface area contributed by atoms with Crippen LogP contribution in [0.3, 0.4) is 0 Å². The van der Waals surface area contributed by atoms with E-state index in [0.717, 1.165) is 30.6 Å². The fourth-order valence-electron chi connectivity index (χ4n) is 1.65. The van der Waals surface area contributed by atoms with Gasteiger partial charge < -0.3 is 21.4 Å². The van der Waals surface area contributed by atoms with Crippen molar-refractivity contribution in [2.75, 3.05) is 6.54 Å². The average molecular weight is 251 g/mol. The molecule has 0 amide bonds. The smallest absolute Gasteiger partial charge is 0.170 e. The molecule has 1 rings (SSSR count). The lowest BCUT2D eigenvalue weighted by molar-refractivity contribution is 0.183. The number of hydrogen-bond acceptors (Lipinski definition) is 4. The predicted octanol–water partition coefficient (Wildman–Crippen LogP) is 0.950. The monoisotopic (exact) mass is 251 g/mol. The Morgan fingerprint density at radius 1 is 1.50 bits per heavy atom. The van der Waals surface area contributed by atoms with E-state index >= 15 is 0 Å². The van der Waals surface area contributed by atoms with Gasteiger partial charge in [-0.1, -0.05) is 17.3 Å². The molecule has 0 aromatic heterocycles. The van der Waals surface area contributed by atoms with Crippen LogP contribution in [0.2, 0.25) is 0 Å². The molecule has 18 heavy (non-hydrogen) atoms. The number of aryl methyl sites for hydroxylation is 1. The van der Waals surface area contributed by atoms with Crippen LogP contribution < -0.4 is 11.1 Å². The van der Waals surface area contributed by atoms with Crippen LogP contribution in [-0.4, -0.2) is 28.8 Å². The highest BCUT2D eigenvalue weighted by atomic mass is 16.4. The molecule has 5 N–H and O–H groups in total. The van der Waals surface area contributed by atoms with Crippen molar-refractivity contribution in [3.8, 4) is 0 Å². The molecule has 1 aromatic carbocycles. The zero-order chi connectivity index (χ0) is 13.5. The summed E-state index contributed by atoms with van der Waals surface area (Å²) < 4.78 is 0. The van der Waals surface area contributed by atoms with E-state index in [-0.39, 0.29) is 11.9 Å². The third kappa shape index (κ3) is 4.35. The zero-order valence-corrected chi connectivity index (χ0v) is 10.8. The van der Waals surface area contributed by atoms with E-state index in [0.29, 0.717) is 5.56 Å². The number of nitrogens with two attached hydrogens (primary N) is 1. The molecular formula is C13H21N3O2. The van der Waals surface area contributed by atoms with E-state index < -0.39 is 0 Å². The fourth-order valence-corrected chi connectivity index (χ4v) is 1.65. The molecule has 0 spiro atoms. The van der Waals surface area contributed by atoms with Gasteiger partial charge in [-0.2, -0.15) is 0 Å². The number of hydrogen-bond donors (Lipinski definition) is 4. The zero-order valence-electron chi connectivity index (χ0n) is 10.8. The number of oxime groups is 1. The van der Waals surface area contributed by atoms with Gasteiger partial charge in [0.1, 0.15) is 0 Å². The highest BCUT2D eigenvalue weighted by Crippen LogP contribution is 2.11. The van der Waals surface area contributed by atoms with Crippen LogP contribution in [0.15, 0.2) is 23.4 Å². The summed E-state index contributed by atoms with van der Waals surface area (Å²) in [7, 11) is 0. The molecule has 1 unspecified atom stereocenters. The molecule has 0 radical (unpaired) electrons. The van der Waals surface area contributed by atoms with Crippen LogP contribution in [0, 0.1) is 6.92 Å². The molecule has 0 saturated carbocycles. The second kappa shape index (κ2) is 6.98. The van der Waals surface area contributed by atoms with Crippen LogP contribution in [0.1, 0.15) is 30.0 Å². The predicted molar refractivity (Wildman–Crippen MR) is 71.7 cm³/mol. The number of nitrogens with zero attached hydrogens (tertiary/aromatic N) is 1. The highest BCUT2D eigenvalue weighted by Gasteiger charge is 2.03. The van der Waals surface area contributed by atoms with Crippen molar-refractivity contribution < 1.29 is 10.3 Å². The summed E-state index contributed by atoms with van der Waals surface area (Å²) >= 11 is 0. The maximum Gasteiger partial charge on any atom is 0.170 e. The third-order valence-corrected chi connectivity index (χ3v) is 2.80. The Kier molecular flexibility index (Phi) is 5.61. The lowest BCUT2D eigenvalue weighted by atomic mass is 10.0. The Bertz CT molecular complexity index is 417. The summed E-state index contributed by atoms with van der Waals surface area (Å²) in [6.45, 7) is 5.28. The average Bonchev–Trinajstić information content (AvgIpc) is 2.34. The van der Waals surface area contributed by atoms with Crippen molar-refractivity contribution in [1.29, 1.82) is 0 Å². The Balaban J connectivity index is 2.58. The first kappa shape index (κ1) is 14.5. The first-order valence-corrected chi connectivity index (χ1v) is 6.00. The van der Waals surface area contributed by atoms with Gasteiger partial charge in [-0.15, -0.1) is 0 Å². The fraction of sp³-hybridized carbons (Fsp3) is 0.462. The molecule has 0 saturated heterocycles. The van der Waals surface area contributed by atoms with E-state index in [1.54, 1.807) is 6.92 Å². The molecule has 0 heterocycles. The SMILES string of the molecule is Cc1cc(/C(N)=N/O)ccc1CNCCC(C)O. The number of rotatable bonds is 6. The van der Waals surface area contributed by atoms with E-state index in [9.17, 15) is 0 Å². The van der Waals surface area contributed by atoms with Gasteiger partial charge in [0, 0.05) is 12.1 Å². The van der Waals surface area contributed by atoms with Gasteiger partial charge in [0.25, 0.3) is 0 Å². The van der Waals surface area contributed by atoms with E-state index in [1.165, 1.54) is 0 Å². The molecule has 0 fully saturated rings. The van der Waals surface area contributed by atoms with Crippen LogP contribution >= 0.6 is 0 Å². The maximum atomic E-state index is 9.14. The molecule has 5 nitrogen and oxygen atoms in total. The molecular weight excluding hydrogens is 230 g/mol. The molecule has 0 bridgehead atoms. The van der Waals surface area contributed by atoms with E-state index in [2.05, 4.69) is 10.5 Å². The standard InChI is InChI=1S/C13H21N3O2/c1-9-7-11(13(14)16-18)3-4-12(9)8-15-6-5-10(2)17/h3-4,7,10,15,17-18H,5-6,8H2,1-2H3,(H2,14,16). The van der Waals surface area contributed by atoms with Gasteiger partial charge >= 0.3 is 0 Å². The van der Waals surface area contributed by atoms with Crippen LogP contribution in [0.5, 0.6) is 0 Å². The lowest BCUT2D eigenvalue weighted by Gasteiger charge is -2.10. The van der Waals surface area contributed by atoms with Crippen molar-refractivity contribution in [3.63, 3.8) is 0 Å². The molecule has 0 aliphatic rings. The number of aliphatic hydroxyl groups excluding tert-OH is 1. The first-order valence-electron chi connectivity index (χ1n) is 6.00. The van der Waals surface area contributed by atoms with Crippen molar-refractivity contribution in [1.82, 2.24) is 5.32 Å². The molecule has 1 aromatic rings. The Hall–Kier alpha value is -1.59. The van der Waals surface area contributed by atoms with E-state index in [1.807, 2.05) is 25.1 Å². The molecule has 100 valence electrons. The minimum absolute atomic E-state index is 0.117. The van der Waals surface area contributed by atoms with Crippen LogP contribution in [-0.2, 0) is 6.54 Å². The van der Waals surface area contributed by atoms with Gasteiger partial charge in [-0.25, -0.2) is 0 Å². The van der Waals surface area contributed by atoms with Crippen molar-refractivity contribution >= 4 is 5.84 Å². The van der Waals surface area contributed by atoms with Crippen molar-refractivity contribution in [2.24, 2.45) is 10.9 Å². The van der Waals surface area contributed by atoms with Gasteiger partial charge in [0.05, 0.1) is 6.10 Å². The van der Waals surface area contributed by atoms with Crippen LogP contribution in [0.25, 0.3) is 0 Å². The molecule has 0 aliphatic heterocycles. The minimum Gasteiger partial charge on any atom is -0.409 e. The Morgan fingerprint density at radius 2 is 2.22 bits per heavy atom. The Morgan fingerprint density at radius 3 is 2.78 bits per heavy atom. The number of nitrogens with one attached hydrogen (secondary N) is 1. The normalized spacial score (nSPS) is 13.6. The molecule has 1 atom stereocenters. The quantitative estimate of drug-likeness (QED) is 0.199. The largest absolute Gasteiger partial charge is 0.409 e. The van der Waals surface area contributed by atoms with Gasteiger partial charge in [0.2, 0.25) is 0 Å². The lowest BCUT2D eigenvalue weighted by Crippen LogP contribution is -2.19. The second-order valence-electron chi connectivity index (χ2n) is 4.44.